The summed E-state index contributed by atoms with van der Waals surface area (Å²) in [6.07, 6.45) is 0. The van der Waals surface area contributed by atoms with E-state index >= 15 is 0 Å². The lowest BCUT2D eigenvalue weighted by atomic mass is 10.1. The van der Waals surface area contributed by atoms with Gasteiger partial charge >= 0.3 is 0 Å². The number of aryl methyl sites for hydroxylation is 1. The van der Waals surface area contributed by atoms with Crippen molar-refractivity contribution in [2.24, 2.45) is 5.73 Å². The van der Waals surface area contributed by atoms with E-state index in [-0.39, 0.29) is 0 Å². The largest absolute Gasteiger partial charge is 0.389 e. The first-order valence-corrected chi connectivity index (χ1v) is 6.77. The monoisotopic (exact) mass is 310 g/mol. The number of nitrogens with two attached hydrogens (primary N) is 1. The fourth-order valence-electron chi connectivity index (χ4n) is 1.77. The van der Waals surface area contributed by atoms with Crippen LogP contribution in [0.4, 0.5) is 11.4 Å². The van der Waals surface area contributed by atoms with Gasteiger partial charge in [-0.05, 0) is 36.8 Å². The fraction of sp³-hybridized carbons (Fsp3) is 0.0714. The van der Waals surface area contributed by atoms with Crippen molar-refractivity contribution in [3.05, 3.63) is 57.6 Å². The third-order valence-electron chi connectivity index (χ3n) is 2.73. The van der Waals surface area contributed by atoms with Crippen molar-refractivity contribution in [2.45, 2.75) is 6.92 Å². The lowest BCUT2D eigenvalue weighted by Gasteiger charge is -2.15. The minimum absolute atomic E-state index is 0.337. The number of benzene rings is 2. The SMILES string of the molecule is Cc1cccc(C(N)=S)c1Nc1cc(Cl)ccc1Cl. The molecule has 0 spiro atoms. The van der Waals surface area contributed by atoms with Crippen LogP contribution in [-0.4, -0.2) is 4.99 Å². The zero-order valence-corrected chi connectivity index (χ0v) is 12.5. The second-order valence-corrected chi connectivity index (χ2v) is 5.39. The Balaban J connectivity index is 2.49. The molecule has 0 unspecified atom stereocenters. The number of nitrogens with one attached hydrogen (secondary N) is 1. The van der Waals surface area contributed by atoms with Crippen LogP contribution in [0.1, 0.15) is 11.1 Å². The number of hydrogen-bond acceptors (Lipinski definition) is 2. The normalized spacial score (nSPS) is 10.3. The number of anilines is 2. The molecular weight excluding hydrogens is 299 g/mol. The van der Waals surface area contributed by atoms with Crippen LogP contribution in [0, 0.1) is 6.92 Å². The quantitative estimate of drug-likeness (QED) is 0.808. The summed E-state index contributed by atoms with van der Waals surface area (Å²) >= 11 is 17.2. The van der Waals surface area contributed by atoms with E-state index in [1.165, 1.54) is 0 Å². The Bertz CT molecular complexity index is 641. The molecule has 2 aromatic carbocycles. The molecule has 2 aromatic rings. The molecule has 98 valence electrons. The maximum atomic E-state index is 6.15. The van der Waals surface area contributed by atoms with Gasteiger partial charge in [-0.1, -0.05) is 47.6 Å². The smallest absolute Gasteiger partial charge is 0.106 e. The van der Waals surface area contributed by atoms with E-state index in [2.05, 4.69) is 5.32 Å². The molecule has 5 heteroatoms. The van der Waals surface area contributed by atoms with E-state index in [0.717, 1.165) is 22.5 Å². The molecule has 0 atom stereocenters. The van der Waals surface area contributed by atoms with Crippen LogP contribution in [0.2, 0.25) is 10.0 Å². The van der Waals surface area contributed by atoms with Gasteiger partial charge in [-0.2, -0.15) is 0 Å². The summed E-state index contributed by atoms with van der Waals surface area (Å²) < 4.78 is 0. The average Bonchev–Trinajstić information content (AvgIpc) is 2.35. The van der Waals surface area contributed by atoms with Crippen molar-refractivity contribution in [3.63, 3.8) is 0 Å². The average molecular weight is 311 g/mol. The molecule has 3 N–H and O–H groups in total. The first-order valence-electron chi connectivity index (χ1n) is 5.60. The van der Waals surface area contributed by atoms with Gasteiger partial charge in [0.1, 0.15) is 4.99 Å². The summed E-state index contributed by atoms with van der Waals surface area (Å²) in [6, 6.07) is 11.0. The molecule has 2 nitrogen and oxygen atoms in total. The van der Waals surface area contributed by atoms with Crippen molar-refractivity contribution < 1.29 is 0 Å². The van der Waals surface area contributed by atoms with Crippen molar-refractivity contribution in [1.29, 1.82) is 0 Å². The van der Waals surface area contributed by atoms with E-state index in [4.69, 9.17) is 41.2 Å². The number of para-hydroxylation sites is 1. The van der Waals surface area contributed by atoms with Crippen LogP contribution in [0.15, 0.2) is 36.4 Å². The maximum absolute atomic E-state index is 6.15. The van der Waals surface area contributed by atoms with Crippen molar-refractivity contribution in [3.8, 4) is 0 Å². The number of rotatable bonds is 3. The Morgan fingerprint density at radius 3 is 2.63 bits per heavy atom. The van der Waals surface area contributed by atoms with Crippen LogP contribution >= 0.6 is 35.4 Å². The lowest BCUT2D eigenvalue weighted by molar-refractivity contribution is 1.41. The number of hydrogen-bond donors (Lipinski definition) is 2. The molecule has 2 rings (SSSR count). The minimum Gasteiger partial charge on any atom is -0.389 e. The van der Waals surface area contributed by atoms with Gasteiger partial charge in [0, 0.05) is 10.6 Å². The first-order chi connectivity index (χ1) is 8.99. The van der Waals surface area contributed by atoms with E-state index in [1.807, 2.05) is 25.1 Å². The van der Waals surface area contributed by atoms with Gasteiger partial charge in [0.2, 0.25) is 0 Å². The summed E-state index contributed by atoms with van der Waals surface area (Å²) in [5.41, 5.74) is 9.12. The Kier molecular flexibility index (Phi) is 4.30. The van der Waals surface area contributed by atoms with Crippen LogP contribution in [0.5, 0.6) is 0 Å². The Morgan fingerprint density at radius 2 is 1.95 bits per heavy atom. The highest BCUT2D eigenvalue weighted by atomic mass is 35.5. The molecule has 19 heavy (non-hydrogen) atoms. The van der Waals surface area contributed by atoms with E-state index < -0.39 is 0 Å². The molecule has 0 fully saturated rings. The standard InChI is InChI=1S/C14H12Cl2N2S/c1-8-3-2-4-10(14(17)19)13(8)18-12-7-9(15)5-6-11(12)16/h2-7,18H,1H3,(H2,17,19). The molecule has 0 saturated carbocycles. The van der Waals surface area contributed by atoms with E-state index in [0.29, 0.717) is 15.0 Å². The third kappa shape index (κ3) is 3.18. The first kappa shape index (κ1) is 14.1. The molecule has 0 heterocycles. The molecule has 0 aliphatic heterocycles. The van der Waals surface area contributed by atoms with Crippen molar-refractivity contribution in [2.75, 3.05) is 5.32 Å². The Hall–Kier alpha value is -1.29. The van der Waals surface area contributed by atoms with Gasteiger partial charge in [-0.3, -0.25) is 0 Å². The molecule has 0 saturated heterocycles. The Morgan fingerprint density at radius 1 is 1.21 bits per heavy atom. The number of thiocarbonyl (C=S) groups is 1. The van der Waals surface area contributed by atoms with Gasteiger partial charge < -0.3 is 11.1 Å². The fourth-order valence-corrected chi connectivity index (χ4v) is 2.27. The summed E-state index contributed by atoms with van der Waals surface area (Å²) in [5.74, 6) is 0. The second kappa shape index (κ2) is 5.78. The summed E-state index contributed by atoms with van der Waals surface area (Å²) in [5, 5.41) is 4.44. The topological polar surface area (TPSA) is 38.0 Å². The van der Waals surface area contributed by atoms with Crippen LogP contribution < -0.4 is 11.1 Å². The molecular formula is C14H12Cl2N2S. The van der Waals surface area contributed by atoms with Crippen LogP contribution in [-0.2, 0) is 0 Å². The summed E-state index contributed by atoms with van der Waals surface area (Å²) in [6.45, 7) is 1.97. The zero-order chi connectivity index (χ0) is 14.0. The predicted molar refractivity (Wildman–Crippen MR) is 86.8 cm³/mol. The third-order valence-corrected chi connectivity index (χ3v) is 3.51. The molecule has 0 bridgehead atoms. The molecule has 0 aliphatic carbocycles. The van der Waals surface area contributed by atoms with Gasteiger partial charge in [-0.15, -0.1) is 0 Å². The zero-order valence-electron chi connectivity index (χ0n) is 10.2. The molecule has 0 aromatic heterocycles. The second-order valence-electron chi connectivity index (χ2n) is 4.11. The predicted octanol–water partition coefficient (Wildman–Crippen LogP) is 4.68. The molecule has 0 radical (unpaired) electrons. The van der Waals surface area contributed by atoms with E-state index in [9.17, 15) is 0 Å². The lowest BCUT2D eigenvalue weighted by Crippen LogP contribution is -2.12. The maximum Gasteiger partial charge on any atom is 0.106 e. The van der Waals surface area contributed by atoms with Crippen LogP contribution in [0.3, 0.4) is 0 Å². The van der Waals surface area contributed by atoms with E-state index in [1.54, 1.807) is 18.2 Å². The number of halogens is 2. The van der Waals surface area contributed by atoms with Gasteiger partial charge in [0.25, 0.3) is 0 Å². The van der Waals surface area contributed by atoms with Crippen LogP contribution in [0.25, 0.3) is 0 Å². The van der Waals surface area contributed by atoms with Crippen molar-refractivity contribution >= 4 is 51.8 Å². The Labute approximate surface area is 127 Å². The summed E-state index contributed by atoms with van der Waals surface area (Å²) in [7, 11) is 0. The molecule has 0 amide bonds. The molecule has 0 aliphatic rings. The van der Waals surface area contributed by atoms with Gasteiger partial charge in [0.05, 0.1) is 16.4 Å². The van der Waals surface area contributed by atoms with Gasteiger partial charge in [-0.25, -0.2) is 0 Å². The van der Waals surface area contributed by atoms with Gasteiger partial charge in [0.15, 0.2) is 0 Å². The highest BCUT2D eigenvalue weighted by molar-refractivity contribution is 7.80. The minimum atomic E-state index is 0.337. The highest BCUT2D eigenvalue weighted by Gasteiger charge is 2.10. The summed E-state index contributed by atoms with van der Waals surface area (Å²) in [4.78, 5) is 0.337. The van der Waals surface area contributed by atoms with Crippen molar-refractivity contribution in [1.82, 2.24) is 0 Å². The highest BCUT2D eigenvalue weighted by Crippen LogP contribution is 2.31.